The molecule has 1 aliphatic heterocycles. The van der Waals surface area contributed by atoms with Gasteiger partial charge in [0.1, 0.15) is 0 Å². The Labute approximate surface area is 140 Å². The number of benzene rings is 2. The van der Waals surface area contributed by atoms with Gasteiger partial charge in [0.05, 0.1) is 0 Å². The van der Waals surface area contributed by atoms with Gasteiger partial charge in [0.2, 0.25) is 0 Å². The Hall–Kier alpha value is -0.670. The zero-order valence-electron chi connectivity index (χ0n) is 12.1. The molecular formula is C17H17Cl2NS. The van der Waals surface area contributed by atoms with Crippen molar-refractivity contribution in [2.75, 3.05) is 19.8 Å². The van der Waals surface area contributed by atoms with Crippen LogP contribution in [-0.4, -0.2) is 24.7 Å². The summed E-state index contributed by atoms with van der Waals surface area (Å²) in [5, 5.41) is 1.49. The van der Waals surface area contributed by atoms with E-state index in [4.69, 9.17) is 23.2 Å². The van der Waals surface area contributed by atoms with E-state index < -0.39 is 0 Å². The lowest BCUT2D eigenvalue weighted by atomic mass is 9.85. The van der Waals surface area contributed by atoms with Gasteiger partial charge in [-0.3, -0.25) is 0 Å². The Kier molecular flexibility index (Phi) is 4.51. The molecule has 1 aliphatic rings. The second-order valence-corrected chi connectivity index (χ2v) is 7.20. The molecule has 0 saturated carbocycles. The number of nitrogens with zero attached hydrogens (tertiary/aromatic N) is 1. The van der Waals surface area contributed by atoms with Gasteiger partial charge in [0.25, 0.3) is 0 Å². The molecule has 2 aromatic carbocycles. The summed E-state index contributed by atoms with van der Waals surface area (Å²) in [6, 6.07) is 12.7. The van der Waals surface area contributed by atoms with Gasteiger partial charge in [-0.05, 0) is 54.3 Å². The summed E-state index contributed by atoms with van der Waals surface area (Å²) in [7, 11) is 2.14. The summed E-state index contributed by atoms with van der Waals surface area (Å²) < 4.78 is 0. The molecule has 0 aromatic heterocycles. The van der Waals surface area contributed by atoms with Crippen molar-refractivity contribution < 1.29 is 0 Å². The fourth-order valence-electron chi connectivity index (χ4n) is 2.99. The zero-order valence-corrected chi connectivity index (χ0v) is 14.4. The summed E-state index contributed by atoms with van der Waals surface area (Å²) in [6.45, 7) is 1.87. The normalized spacial score (nSPS) is 18.6. The first kappa shape index (κ1) is 15.2. The Bertz CT molecular complexity index is 672. The zero-order chi connectivity index (χ0) is 15.0. The van der Waals surface area contributed by atoms with E-state index in [1.165, 1.54) is 21.6 Å². The molecule has 4 heteroatoms. The number of fused-ring (bicyclic) bond motifs is 1. The second kappa shape index (κ2) is 6.21. The van der Waals surface area contributed by atoms with E-state index in [1.54, 1.807) is 11.8 Å². The molecule has 0 amide bonds. The van der Waals surface area contributed by atoms with Crippen molar-refractivity contribution in [1.82, 2.24) is 4.90 Å². The van der Waals surface area contributed by atoms with Crippen LogP contribution in [0.1, 0.15) is 22.6 Å². The highest BCUT2D eigenvalue weighted by molar-refractivity contribution is 7.98. The summed E-state index contributed by atoms with van der Waals surface area (Å²) >= 11 is 14.4. The molecule has 1 nitrogen and oxygen atoms in total. The number of hydrogen-bond donors (Lipinski definition) is 0. The predicted molar refractivity (Wildman–Crippen MR) is 92.9 cm³/mol. The van der Waals surface area contributed by atoms with E-state index in [9.17, 15) is 0 Å². The minimum absolute atomic E-state index is 0.321. The molecule has 2 aromatic rings. The Morgan fingerprint density at radius 2 is 2.00 bits per heavy atom. The lowest BCUT2D eigenvalue weighted by molar-refractivity contribution is 0.295. The van der Waals surface area contributed by atoms with Crippen molar-refractivity contribution in [3.05, 3.63) is 63.1 Å². The molecule has 1 heterocycles. The van der Waals surface area contributed by atoms with Gasteiger partial charge in [-0.25, -0.2) is 0 Å². The highest BCUT2D eigenvalue weighted by Crippen LogP contribution is 2.38. The van der Waals surface area contributed by atoms with Crippen LogP contribution in [0.15, 0.2) is 41.3 Å². The summed E-state index contributed by atoms with van der Waals surface area (Å²) in [6.07, 6.45) is 2.10. The van der Waals surface area contributed by atoms with Crippen LogP contribution in [-0.2, 0) is 6.54 Å². The van der Waals surface area contributed by atoms with Crippen LogP contribution >= 0.6 is 35.0 Å². The average Bonchev–Trinajstić information content (AvgIpc) is 2.47. The van der Waals surface area contributed by atoms with Crippen LogP contribution in [0.5, 0.6) is 0 Å². The Morgan fingerprint density at radius 3 is 2.76 bits per heavy atom. The van der Waals surface area contributed by atoms with Crippen LogP contribution < -0.4 is 0 Å². The molecule has 0 bridgehead atoms. The Balaban J connectivity index is 2.12. The highest BCUT2D eigenvalue weighted by atomic mass is 35.5. The van der Waals surface area contributed by atoms with E-state index in [0.29, 0.717) is 10.9 Å². The number of likely N-dealkylation sites (N-methyl/N-ethyl adjacent to an activating group) is 1. The van der Waals surface area contributed by atoms with Crippen LogP contribution in [0.4, 0.5) is 0 Å². The van der Waals surface area contributed by atoms with Gasteiger partial charge in [0, 0.05) is 33.9 Å². The van der Waals surface area contributed by atoms with Crippen LogP contribution in [0, 0.1) is 0 Å². The lowest BCUT2D eigenvalue weighted by Crippen LogP contribution is -2.31. The second-order valence-electron chi connectivity index (χ2n) is 5.48. The standard InChI is InChI=1S/C17H17Cl2NS/c1-20-9-15(11-4-3-5-13(6-11)21-2)14-7-12(18)8-17(19)16(14)10-20/h3-8,15H,9-10H2,1-2H3. The largest absolute Gasteiger partial charge is 0.301 e. The van der Waals surface area contributed by atoms with Gasteiger partial charge in [0.15, 0.2) is 0 Å². The molecular weight excluding hydrogens is 321 g/mol. The monoisotopic (exact) mass is 337 g/mol. The van der Waals surface area contributed by atoms with Crippen molar-refractivity contribution in [3.8, 4) is 0 Å². The molecule has 1 atom stereocenters. The topological polar surface area (TPSA) is 3.24 Å². The third kappa shape index (κ3) is 3.09. The fourth-order valence-corrected chi connectivity index (χ4v) is 4.03. The van der Waals surface area contributed by atoms with E-state index in [2.05, 4.69) is 48.5 Å². The van der Waals surface area contributed by atoms with Gasteiger partial charge in [-0.15, -0.1) is 11.8 Å². The molecule has 1 unspecified atom stereocenters. The van der Waals surface area contributed by atoms with E-state index in [1.807, 2.05) is 6.07 Å². The first-order valence-corrected chi connectivity index (χ1v) is 8.87. The van der Waals surface area contributed by atoms with Crippen LogP contribution in [0.3, 0.4) is 0 Å². The molecule has 0 fully saturated rings. The van der Waals surface area contributed by atoms with Gasteiger partial charge < -0.3 is 4.90 Å². The van der Waals surface area contributed by atoms with Crippen molar-refractivity contribution in [2.24, 2.45) is 0 Å². The maximum Gasteiger partial charge on any atom is 0.0468 e. The maximum atomic E-state index is 6.41. The third-order valence-electron chi connectivity index (χ3n) is 3.99. The molecule has 21 heavy (non-hydrogen) atoms. The van der Waals surface area contributed by atoms with E-state index >= 15 is 0 Å². The number of hydrogen-bond acceptors (Lipinski definition) is 2. The number of thioether (sulfide) groups is 1. The molecule has 3 rings (SSSR count). The summed E-state index contributed by atoms with van der Waals surface area (Å²) in [5.74, 6) is 0.321. The number of rotatable bonds is 2. The maximum absolute atomic E-state index is 6.41. The SMILES string of the molecule is CSc1cccc(C2CN(C)Cc3c(Cl)cc(Cl)cc32)c1. The van der Waals surface area contributed by atoms with Crippen molar-refractivity contribution in [2.45, 2.75) is 17.4 Å². The minimum Gasteiger partial charge on any atom is -0.301 e. The molecule has 0 N–H and O–H groups in total. The molecule has 0 radical (unpaired) electrons. The quantitative estimate of drug-likeness (QED) is 0.684. The number of halogens is 2. The summed E-state index contributed by atoms with van der Waals surface area (Å²) in [5.41, 5.74) is 3.80. The lowest BCUT2D eigenvalue weighted by Gasteiger charge is -2.33. The van der Waals surface area contributed by atoms with Crippen LogP contribution in [0.2, 0.25) is 10.0 Å². The molecule has 0 spiro atoms. The average molecular weight is 338 g/mol. The Morgan fingerprint density at radius 1 is 1.19 bits per heavy atom. The van der Waals surface area contributed by atoms with E-state index in [0.717, 1.165) is 18.1 Å². The van der Waals surface area contributed by atoms with Crippen LogP contribution in [0.25, 0.3) is 0 Å². The molecule has 0 aliphatic carbocycles. The molecule has 0 saturated heterocycles. The highest BCUT2D eigenvalue weighted by Gasteiger charge is 2.27. The van der Waals surface area contributed by atoms with Crippen molar-refractivity contribution >= 4 is 35.0 Å². The predicted octanol–water partition coefficient (Wildman–Crippen LogP) is 5.29. The van der Waals surface area contributed by atoms with Crippen molar-refractivity contribution in [3.63, 3.8) is 0 Å². The fraction of sp³-hybridized carbons (Fsp3) is 0.294. The third-order valence-corrected chi connectivity index (χ3v) is 5.27. The molecule has 110 valence electrons. The summed E-state index contributed by atoms with van der Waals surface area (Å²) in [4.78, 5) is 3.61. The van der Waals surface area contributed by atoms with Gasteiger partial charge in [-0.2, -0.15) is 0 Å². The first-order chi connectivity index (χ1) is 10.1. The smallest absolute Gasteiger partial charge is 0.0468 e. The van der Waals surface area contributed by atoms with Gasteiger partial charge in [-0.1, -0.05) is 35.3 Å². The van der Waals surface area contributed by atoms with Gasteiger partial charge >= 0.3 is 0 Å². The minimum atomic E-state index is 0.321. The first-order valence-electron chi connectivity index (χ1n) is 6.89. The van der Waals surface area contributed by atoms with Crippen molar-refractivity contribution in [1.29, 1.82) is 0 Å². The van der Waals surface area contributed by atoms with E-state index in [-0.39, 0.29) is 0 Å².